The number of thiocarbonyl (C=S) groups is 1. The summed E-state index contributed by atoms with van der Waals surface area (Å²) in [4.78, 5) is 8.91. The van der Waals surface area contributed by atoms with Gasteiger partial charge >= 0.3 is 0 Å². The summed E-state index contributed by atoms with van der Waals surface area (Å²) < 4.78 is 0. The third kappa shape index (κ3) is 2.92. The molecule has 0 aliphatic heterocycles. The molecule has 20 heavy (non-hydrogen) atoms. The minimum absolute atomic E-state index is 0.266. The van der Waals surface area contributed by atoms with Crippen LogP contribution in [0.4, 0.5) is 5.69 Å². The van der Waals surface area contributed by atoms with E-state index in [1.807, 2.05) is 48.5 Å². The van der Waals surface area contributed by atoms with Crippen LogP contribution >= 0.6 is 24.0 Å². The number of H-pyrrole nitrogens is 1. The highest BCUT2D eigenvalue weighted by molar-refractivity contribution is 7.99. The molecule has 0 spiro atoms. The summed E-state index contributed by atoms with van der Waals surface area (Å²) in [7, 11) is 0. The van der Waals surface area contributed by atoms with Gasteiger partial charge in [-0.15, -0.1) is 0 Å². The van der Waals surface area contributed by atoms with Gasteiger partial charge < -0.3 is 16.0 Å². The lowest BCUT2D eigenvalue weighted by molar-refractivity contribution is 1.08. The summed E-state index contributed by atoms with van der Waals surface area (Å²) in [5.41, 5.74) is 8.33. The standard InChI is InChI=1S/C14H12N4S2/c15-13(19)16-9-5-7-10(8-6-9)20-14-17-11-3-1-2-4-12(11)18-14/h1-8H,(H,17,18)(H3,15,16,19). The molecular weight excluding hydrogens is 288 g/mol. The molecule has 6 heteroatoms. The van der Waals surface area contributed by atoms with Gasteiger partial charge in [-0.25, -0.2) is 4.98 Å². The average molecular weight is 300 g/mol. The van der Waals surface area contributed by atoms with Gasteiger partial charge in [0.15, 0.2) is 10.3 Å². The van der Waals surface area contributed by atoms with Gasteiger partial charge in [-0.1, -0.05) is 23.9 Å². The molecule has 0 radical (unpaired) electrons. The number of imidazole rings is 1. The molecular formula is C14H12N4S2. The SMILES string of the molecule is NC(=S)Nc1ccc(Sc2nc3ccccc3[nH]2)cc1. The number of nitrogens with zero attached hydrogens (tertiary/aromatic N) is 1. The van der Waals surface area contributed by atoms with Crippen molar-refractivity contribution in [1.29, 1.82) is 0 Å². The minimum Gasteiger partial charge on any atom is -0.376 e. The zero-order chi connectivity index (χ0) is 13.9. The summed E-state index contributed by atoms with van der Waals surface area (Å²) in [5, 5.41) is 4.04. The third-order valence-electron chi connectivity index (χ3n) is 2.70. The molecule has 0 unspecified atom stereocenters. The molecule has 0 aliphatic carbocycles. The molecule has 4 nitrogen and oxygen atoms in total. The van der Waals surface area contributed by atoms with Crippen molar-refractivity contribution in [2.75, 3.05) is 5.32 Å². The lowest BCUT2D eigenvalue weighted by Crippen LogP contribution is -2.18. The highest BCUT2D eigenvalue weighted by Gasteiger charge is 2.04. The number of rotatable bonds is 3. The second-order valence-electron chi connectivity index (χ2n) is 4.17. The number of anilines is 1. The van der Waals surface area contributed by atoms with Gasteiger partial charge in [-0.3, -0.25) is 0 Å². The van der Waals surface area contributed by atoms with Crippen LogP contribution in [0.2, 0.25) is 0 Å². The molecule has 3 aromatic rings. The van der Waals surface area contributed by atoms with E-state index in [2.05, 4.69) is 15.3 Å². The van der Waals surface area contributed by atoms with E-state index >= 15 is 0 Å². The molecule has 4 N–H and O–H groups in total. The van der Waals surface area contributed by atoms with Crippen molar-refractivity contribution < 1.29 is 0 Å². The molecule has 0 saturated heterocycles. The predicted octanol–water partition coefficient (Wildman–Crippen LogP) is 3.37. The smallest absolute Gasteiger partial charge is 0.171 e. The quantitative estimate of drug-likeness (QED) is 0.647. The lowest BCUT2D eigenvalue weighted by atomic mass is 10.3. The Balaban J connectivity index is 1.78. The second kappa shape index (κ2) is 5.52. The first-order chi connectivity index (χ1) is 9.70. The Morgan fingerprint density at radius 2 is 1.90 bits per heavy atom. The maximum absolute atomic E-state index is 5.43. The Labute approximate surface area is 125 Å². The molecule has 0 bridgehead atoms. The maximum Gasteiger partial charge on any atom is 0.171 e. The van der Waals surface area contributed by atoms with E-state index in [0.717, 1.165) is 26.8 Å². The van der Waals surface area contributed by atoms with Crippen LogP contribution in [0.3, 0.4) is 0 Å². The van der Waals surface area contributed by atoms with Crippen molar-refractivity contribution in [2.45, 2.75) is 10.1 Å². The number of nitrogens with two attached hydrogens (primary N) is 1. The fourth-order valence-electron chi connectivity index (χ4n) is 1.84. The first-order valence-electron chi connectivity index (χ1n) is 6.00. The van der Waals surface area contributed by atoms with E-state index in [1.165, 1.54) is 0 Å². The molecule has 0 saturated carbocycles. The molecule has 1 aromatic heterocycles. The van der Waals surface area contributed by atoms with Crippen molar-refractivity contribution in [2.24, 2.45) is 5.73 Å². The topological polar surface area (TPSA) is 66.7 Å². The Bertz CT molecular complexity index is 716. The summed E-state index contributed by atoms with van der Waals surface area (Å²) in [5.74, 6) is 0. The molecule has 0 aliphatic rings. The first kappa shape index (κ1) is 13.0. The molecule has 0 fully saturated rings. The zero-order valence-corrected chi connectivity index (χ0v) is 12.1. The summed E-state index contributed by atoms with van der Waals surface area (Å²) in [6.07, 6.45) is 0. The van der Waals surface area contributed by atoms with E-state index < -0.39 is 0 Å². The third-order valence-corrected chi connectivity index (χ3v) is 3.70. The van der Waals surface area contributed by atoms with E-state index in [1.54, 1.807) is 11.8 Å². The van der Waals surface area contributed by atoms with Crippen LogP contribution in [0.15, 0.2) is 58.6 Å². The van der Waals surface area contributed by atoms with Crippen molar-refractivity contribution in [3.63, 3.8) is 0 Å². The second-order valence-corrected chi connectivity index (χ2v) is 5.68. The Kier molecular flexibility index (Phi) is 3.58. The minimum atomic E-state index is 0.266. The van der Waals surface area contributed by atoms with E-state index in [4.69, 9.17) is 18.0 Å². The highest BCUT2D eigenvalue weighted by Crippen LogP contribution is 2.28. The number of para-hydroxylation sites is 2. The largest absolute Gasteiger partial charge is 0.376 e. The number of nitrogens with one attached hydrogen (secondary N) is 2. The summed E-state index contributed by atoms with van der Waals surface area (Å²) in [6.45, 7) is 0. The maximum atomic E-state index is 5.43. The van der Waals surface area contributed by atoms with Gasteiger partial charge in [0.2, 0.25) is 0 Å². The van der Waals surface area contributed by atoms with Gasteiger partial charge in [-0.2, -0.15) is 0 Å². The summed E-state index contributed by atoms with van der Waals surface area (Å²) >= 11 is 6.38. The fraction of sp³-hybridized carbons (Fsp3) is 0. The van der Waals surface area contributed by atoms with Gasteiger partial charge in [0.1, 0.15) is 0 Å². The van der Waals surface area contributed by atoms with Gasteiger partial charge in [0.05, 0.1) is 11.0 Å². The lowest BCUT2D eigenvalue weighted by Gasteiger charge is -2.04. The molecule has 100 valence electrons. The number of fused-ring (bicyclic) bond motifs is 1. The van der Waals surface area contributed by atoms with Crippen molar-refractivity contribution in [3.8, 4) is 0 Å². The monoisotopic (exact) mass is 300 g/mol. The van der Waals surface area contributed by atoms with Crippen molar-refractivity contribution in [3.05, 3.63) is 48.5 Å². The number of aromatic amines is 1. The molecule has 0 atom stereocenters. The number of hydrogen-bond donors (Lipinski definition) is 3. The molecule has 1 heterocycles. The Morgan fingerprint density at radius 3 is 2.60 bits per heavy atom. The van der Waals surface area contributed by atoms with Gasteiger partial charge in [-0.05, 0) is 48.6 Å². The van der Waals surface area contributed by atoms with Crippen LogP contribution in [0.1, 0.15) is 0 Å². The normalized spacial score (nSPS) is 10.6. The molecule has 2 aromatic carbocycles. The summed E-state index contributed by atoms with van der Waals surface area (Å²) in [6, 6.07) is 15.8. The average Bonchev–Trinajstić information content (AvgIpc) is 2.82. The molecule has 0 amide bonds. The van der Waals surface area contributed by atoms with Crippen LogP contribution in [0.25, 0.3) is 11.0 Å². The Morgan fingerprint density at radius 1 is 1.15 bits per heavy atom. The van der Waals surface area contributed by atoms with Gasteiger partial charge in [0.25, 0.3) is 0 Å². The van der Waals surface area contributed by atoms with Crippen LogP contribution in [-0.4, -0.2) is 15.1 Å². The zero-order valence-electron chi connectivity index (χ0n) is 10.5. The van der Waals surface area contributed by atoms with Crippen LogP contribution in [0.5, 0.6) is 0 Å². The number of aromatic nitrogens is 2. The van der Waals surface area contributed by atoms with E-state index in [-0.39, 0.29) is 5.11 Å². The molecule has 3 rings (SSSR count). The van der Waals surface area contributed by atoms with E-state index in [9.17, 15) is 0 Å². The van der Waals surface area contributed by atoms with Crippen LogP contribution < -0.4 is 11.1 Å². The fourth-order valence-corrected chi connectivity index (χ4v) is 2.76. The van der Waals surface area contributed by atoms with Crippen molar-refractivity contribution >= 4 is 45.8 Å². The predicted molar refractivity (Wildman–Crippen MR) is 87.1 cm³/mol. The van der Waals surface area contributed by atoms with Gasteiger partial charge in [0, 0.05) is 10.6 Å². The van der Waals surface area contributed by atoms with Crippen molar-refractivity contribution in [1.82, 2.24) is 9.97 Å². The Hall–Kier alpha value is -2.05. The van der Waals surface area contributed by atoms with Crippen LogP contribution in [-0.2, 0) is 0 Å². The van der Waals surface area contributed by atoms with Crippen LogP contribution in [0, 0.1) is 0 Å². The first-order valence-corrected chi connectivity index (χ1v) is 7.22. The number of hydrogen-bond acceptors (Lipinski definition) is 3. The highest BCUT2D eigenvalue weighted by atomic mass is 32.2. The number of benzene rings is 2. The van der Waals surface area contributed by atoms with E-state index in [0.29, 0.717) is 0 Å².